The summed E-state index contributed by atoms with van der Waals surface area (Å²) in [5.74, 6) is 0.855. The van der Waals surface area contributed by atoms with Crippen LogP contribution in [0.1, 0.15) is 19.4 Å². The molecule has 1 saturated heterocycles. The quantitative estimate of drug-likeness (QED) is 0.317. The maximum atomic E-state index is 13.0. The summed E-state index contributed by atoms with van der Waals surface area (Å²) in [5.41, 5.74) is 1.40. The summed E-state index contributed by atoms with van der Waals surface area (Å²) >= 11 is 6.64. The van der Waals surface area contributed by atoms with E-state index in [9.17, 15) is 9.59 Å². The Bertz CT molecular complexity index is 1050. The number of esters is 1. The second-order valence-electron chi connectivity index (χ2n) is 6.95. The highest BCUT2D eigenvalue weighted by molar-refractivity contribution is 8.27. The minimum absolute atomic E-state index is 0.208. The summed E-state index contributed by atoms with van der Waals surface area (Å²) in [6.45, 7) is 3.31. The van der Waals surface area contributed by atoms with Gasteiger partial charge < -0.3 is 18.9 Å². The molecule has 2 aromatic rings. The number of rotatable bonds is 8. The summed E-state index contributed by atoms with van der Waals surface area (Å²) < 4.78 is 21.6. The van der Waals surface area contributed by atoms with Crippen molar-refractivity contribution in [2.45, 2.75) is 20.0 Å². The van der Waals surface area contributed by atoms with E-state index < -0.39 is 5.97 Å². The Morgan fingerprint density at radius 3 is 2.44 bits per heavy atom. The molecule has 168 valence electrons. The number of benzene rings is 2. The average molecular weight is 474 g/mol. The third-order valence-electron chi connectivity index (χ3n) is 4.32. The number of carbonyl (C=O) groups excluding carboxylic acids is 2. The van der Waals surface area contributed by atoms with Crippen LogP contribution in [-0.2, 0) is 14.3 Å². The molecule has 1 heterocycles. The van der Waals surface area contributed by atoms with E-state index >= 15 is 0 Å². The van der Waals surface area contributed by atoms with Crippen LogP contribution in [0.5, 0.6) is 17.2 Å². The number of carbonyl (C=O) groups is 2. The van der Waals surface area contributed by atoms with Gasteiger partial charge in [0.15, 0.2) is 22.4 Å². The maximum absolute atomic E-state index is 13.0. The maximum Gasteiger partial charge on any atom is 0.344 e. The van der Waals surface area contributed by atoms with Crippen LogP contribution in [0.4, 0.5) is 5.69 Å². The summed E-state index contributed by atoms with van der Waals surface area (Å²) in [6, 6.07) is 12.3. The molecule has 0 aromatic heterocycles. The van der Waals surface area contributed by atoms with Gasteiger partial charge in [0.1, 0.15) is 5.75 Å². The second kappa shape index (κ2) is 10.5. The van der Waals surface area contributed by atoms with E-state index in [1.165, 1.54) is 23.8 Å². The summed E-state index contributed by atoms with van der Waals surface area (Å²) in [5, 5.41) is 0. The minimum Gasteiger partial charge on any atom is -0.497 e. The smallest absolute Gasteiger partial charge is 0.344 e. The van der Waals surface area contributed by atoms with E-state index in [0.29, 0.717) is 32.2 Å². The molecule has 0 aliphatic carbocycles. The van der Waals surface area contributed by atoms with E-state index in [4.69, 9.17) is 31.2 Å². The number of thiocarbonyl (C=S) groups is 1. The molecule has 0 atom stereocenters. The van der Waals surface area contributed by atoms with Gasteiger partial charge in [-0.05, 0) is 61.9 Å². The van der Waals surface area contributed by atoms with E-state index in [2.05, 4.69) is 0 Å². The molecular formula is C23H23NO6S2. The molecule has 1 aliphatic heterocycles. The highest BCUT2D eigenvalue weighted by atomic mass is 32.2. The van der Waals surface area contributed by atoms with Crippen molar-refractivity contribution >= 4 is 51.9 Å². The van der Waals surface area contributed by atoms with Crippen LogP contribution in [0.15, 0.2) is 47.4 Å². The monoisotopic (exact) mass is 473 g/mol. The molecule has 0 N–H and O–H groups in total. The fraction of sp³-hybridized carbons (Fsp3) is 0.261. The fourth-order valence-corrected chi connectivity index (χ4v) is 4.20. The number of amides is 1. The Morgan fingerprint density at radius 2 is 1.81 bits per heavy atom. The molecular weight excluding hydrogens is 450 g/mol. The number of methoxy groups -OCH3 is 2. The van der Waals surface area contributed by atoms with E-state index in [1.54, 1.807) is 69.5 Å². The molecule has 32 heavy (non-hydrogen) atoms. The Hall–Kier alpha value is -3.04. The van der Waals surface area contributed by atoms with Crippen molar-refractivity contribution in [3.05, 3.63) is 52.9 Å². The summed E-state index contributed by atoms with van der Waals surface area (Å²) in [7, 11) is 3.08. The number of anilines is 1. The van der Waals surface area contributed by atoms with Gasteiger partial charge in [-0.2, -0.15) is 0 Å². The van der Waals surface area contributed by atoms with Crippen molar-refractivity contribution in [2.75, 3.05) is 25.7 Å². The first-order valence-corrected chi connectivity index (χ1v) is 11.0. The fourth-order valence-electron chi connectivity index (χ4n) is 2.90. The highest BCUT2D eigenvalue weighted by Gasteiger charge is 2.33. The molecule has 0 radical (unpaired) electrons. The van der Waals surface area contributed by atoms with Gasteiger partial charge >= 0.3 is 5.97 Å². The normalized spacial score (nSPS) is 14.8. The molecule has 1 fully saturated rings. The topological polar surface area (TPSA) is 74.3 Å². The van der Waals surface area contributed by atoms with Crippen molar-refractivity contribution in [2.24, 2.45) is 0 Å². The molecule has 7 nitrogen and oxygen atoms in total. The first kappa shape index (κ1) is 23.6. The van der Waals surface area contributed by atoms with Gasteiger partial charge in [0, 0.05) is 0 Å². The summed E-state index contributed by atoms with van der Waals surface area (Å²) in [4.78, 5) is 26.7. The largest absolute Gasteiger partial charge is 0.497 e. The van der Waals surface area contributed by atoms with Crippen LogP contribution >= 0.6 is 24.0 Å². The Kier molecular flexibility index (Phi) is 7.76. The van der Waals surface area contributed by atoms with Crippen molar-refractivity contribution in [1.29, 1.82) is 0 Å². The van der Waals surface area contributed by atoms with Gasteiger partial charge in [-0.1, -0.05) is 30.0 Å². The lowest BCUT2D eigenvalue weighted by molar-refractivity contribution is -0.149. The summed E-state index contributed by atoms with van der Waals surface area (Å²) in [6.07, 6.45) is 1.52. The SMILES string of the molecule is COc1ccc(N2C(=O)/C(=C\c3ccc(OCC(=O)OC(C)C)c(OC)c3)SC2=S)cc1. The van der Waals surface area contributed by atoms with Gasteiger partial charge in [-0.3, -0.25) is 9.69 Å². The van der Waals surface area contributed by atoms with Gasteiger partial charge in [-0.25, -0.2) is 4.79 Å². The number of hydrogen-bond donors (Lipinski definition) is 0. The third kappa shape index (κ3) is 5.60. The molecule has 1 amide bonds. The Labute approximate surface area is 196 Å². The molecule has 0 bridgehead atoms. The second-order valence-corrected chi connectivity index (χ2v) is 8.63. The molecule has 2 aromatic carbocycles. The number of hydrogen-bond acceptors (Lipinski definition) is 8. The first-order valence-electron chi connectivity index (χ1n) is 9.74. The lowest BCUT2D eigenvalue weighted by Crippen LogP contribution is -2.27. The minimum atomic E-state index is -0.465. The number of ether oxygens (including phenoxy) is 4. The highest BCUT2D eigenvalue weighted by Crippen LogP contribution is 2.37. The third-order valence-corrected chi connectivity index (χ3v) is 5.62. The standard InChI is InChI=1S/C23H23NO6S2/c1-14(2)30-21(25)13-29-18-10-5-15(11-19(18)28-4)12-20-22(26)24(23(31)32-20)16-6-8-17(27-3)9-7-16/h5-12,14H,13H2,1-4H3/b20-12+. The lowest BCUT2D eigenvalue weighted by atomic mass is 10.2. The van der Waals surface area contributed by atoms with Gasteiger partial charge in [-0.15, -0.1) is 0 Å². The van der Waals surface area contributed by atoms with Crippen molar-refractivity contribution in [3.8, 4) is 17.2 Å². The Balaban J connectivity index is 1.76. The lowest BCUT2D eigenvalue weighted by Gasteiger charge is -2.14. The van der Waals surface area contributed by atoms with Crippen LogP contribution < -0.4 is 19.1 Å². The first-order chi connectivity index (χ1) is 15.3. The van der Waals surface area contributed by atoms with Crippen molar-refractivity contribution in [3.63, 3.8) is 0 Å². The van der Waals surface area contributed by atoms with Crippen LogP contribution in [0.2, 0.25) is 0 Å². The van der Waals surface area contributed by atoms with E-state index in [1.807, 2.05) is 0 Å². The van der Waals surface area contributed by atoms with Crippen LogP contribution in [-0.4, -0.2) is 43.1 Å². The predicted molar refractivity (Wildman–Crippen MR) is 128 cm³/mol. The average Bonchev–Trinajstić information content (AvgIpc) is 3.05. The molecule has 3 rings (SSSR count). The van der Waals surface area contributed by atoms with Gasteiger partial charge in [0.05, 0.1) is 30.9 Å². The zero-order chi connectivity index (χ0) is 23.3. The van der Waals surface area contributed by atoms with Gasteiger partial charge in [0.25, 0.3) is 5.91 Å². The zero-order valence-electron chi connectivity index (χ0n) is 18.1. The Morgan fingerprint density at radius 1 is 1.09 bits per heavy atom. The molecule has 0 saturated carbocycles. The van der Waals surface area contributed by atoms with E-state index in [-0.39, 0.29) is 18.6 Å². The van der Waals surface area contributed by atoms with E-state index in [0.717, 1.165) is 5.56 Å². The molecule has 1 aliphatic rings. The van der Waals surface area contributed by atoms with Crippen molar-refractivity contribution < 1.29 is 28.5 Å². The van der Waals surface area contributed by atoms with Crippen LogP contribution in [0, 0.1) is 0 Å². The number of thioether (sulfide) groups is 1. The predicted octanol–water partition coefficient (Wildman–Crippen LogP) is 4.44. The van der Waals surface area contributed by atoms with Crippen molar-refractivity contribution in [1.82, 2.24) is 0 Å². The van der Waals surface area contributed by atoms with Crippen LogP contribution in [0.3, 0.4) is 0 Å². The number of nitrogens with zero attached hydrogens (tertiary/aromatic N) is 1. The molecule has 9 heteroatoms. The molecule has 0 unspecified atom stereocenters. The zero-order valence-corrected chi connectivity index (χ0v) is 19.7. The van der Waals surface area contributed by atoms with Gasteiger partial charge in [0.2, 0.25) is 0 Å². The van der Waals surface area contributed by atoms with Crippen LogP contribution in [0.25, 0.3) is 6.08 Å². The molecule has 0 spiro atoms.